The minimum Gasteiger partial charge on any atom is -0.478 e. The third kappa shape index (κ3) is 3.07. The van der Waals surface area contributed by atoms with Gasteiger partial charge in [-0.15, -0.1) is 0 Å². The monoisotopic (exact) mass is 249 g/mol. The molecule has 1 aliphatic heterocycles. The topological polar surface area (TPSA) is 66.8 Å². The minimum absolute atomic E-state index is 0.0493. The van der Waals surface area contributed by atoms with Gasteiger partial charge >= 0.3 is 5.97 Å². The quantitative estimate of drug-likeness (QED) is 0.872. The van der Waals surface area contributed by atoms with Crippen LogP contribution < -0.4 is 0 Å². The summed E-state index contributed by atoms with van der Waals surface area (Å²) in [6.45, 7) is 1.98. The molecule has 1 aliphatic rings. The number of nitrogens with zero attached hydrogens (tertiary/aromatic N) is 1. The largest absolute Gasteiger partial charge is 0.478 e. The molecule has 1 aromatic rings. The first-order valence-electron chi connectivity index (χ1n) is 5.84. The number of aromatic carboxylic acids is 1. The Morgan fingerprint density at radius 3 is 3.00 bits per heavy atom. The molecule has 2 rings (SSSR count). The molecule has 18 heavy (non-hydrogen) atoms. The molecule has 0 atom stereocenters. The number of rotatable bonds is 3. The first kappa shape index (κ1) is 12.6. The number of ether oxygens (including phenoxy) is 1. The number of hydrogen-bond acceptors (Lipinski definition) is 3. The molecule has 5 heteroatoms. The molecule has 0 bridgehead atoms. The molecule has 1 saturated heterocycles. The van der Waals surface area contributed by atoms with Crippen molar-refractivity contribution in [3.05, 3.63) is 35.4 Å². The number of carboxylic acid groups (broad SMARTS) is 1. The Kier molecular flexibility index (Phi) is 3.94. The molecular formula is C13H15NO4. The summed E-state index contributed by atoms with van der Waals surface area (Å²) in [6, 6.07) is 6.66. The highest BCUT2D eigenvalue weighted by atomic mass is 16.5. The van der Waals surface area contributed by atoms with Crippen LogP contribution in [0.2, 0.25) is 0 Å². The van der Waals surface area contributed by atoms with Crippen molar-refractivity contribution in [3.63, 3.8) is 0 Å². The van der Waals surface area contributed by atoms with E-state index in [1.807, 2.05) is 6.07 Å². The van der Waals surface area contributed by atoms with Gasteiger partial charge in [-0.1, -0.05) is 12.1 Å². The Bertz CT molecular complexity index is 458. The summed E-state index contributed by atoms with van der Waals surface area (Å²) in [5.74, 6) is -0.907. The fourth-order valence-corrected chi connectivity index (χ4v) is 1.91. The Morgan fingerprint density at radius 2 is 2.22 bits per heavy atom. The number of amides is 1. The van der Waals surface area contributed by atoms with Crippen LogP contribution in [0.15, 0.2) is 24.3 Å². The Labute approximate surface area is 105 Å². The van der Waals surface area contributed by atoms with E-state index in [-0.39, 0.29) is 11.5 Å². The van der Waals surface area contributed by atoms with Gasteiger partial charge in [0.2, 0.25) is 5.91 Å². The van der Waals surface area contributed by atoms with Crippen molar-refractivity contribution >= 4 is 11.9 Å². The fourth-order valence-electron chi connectivity index (χ4n) is 1.91. The lowest BCUT2D eigenvalue weighted by Crippen LogP contribution is -2.31. The molecule has 0 aliphatic carbocycles. The molecule has 1 fully saturated rings. The standard InChI is InChI=1S/C13H15NO4/c15-12-4-6-18-7-5-14(12)9-10-2-1-3-11(8-10)13(16)17/h1-3,8H,4-7,9H2,(H,16,17). The molecule has 1 heterocycles. The van der Waals surface area contributed by atoms with E-state index in [1.165, 1.54) is 0 Å². The van der Waals surface area contributed by atoms with Gasteiger partial charge in [0.05, 0.1) is 25.2 Å². The van der Waals surface area contributed by atoms with Crippen LogP contribution in [0.25, 0.3) is 0 Å². The molecule has 1 N–H and O–H groups in total. The average molecular weight is 249 g/mol. The van der Waals surface area contributed by atoms with Gasteiger partial charge in [0, 0.05) is 13.1 Å². The lowest BCUT2D eigenvalue weighted by molar-refractivity contribution is -0.131. The normalized spacial score (nSPS) is 16.4. The van der Waals surface area contributed by atoms with Crippen LogP contribution in [0.1, 0.15) is 22.3 Å². The van der Waals surface area contributed by atoms with Crippen molar-refractivity contribution in [2.75, 3.05) is 19.8 Å². The molecule has 1 aromatic carbocycles. The third-order valence-electron chi connectivity index (χ3n) is 2.87. The van der Waals surface area contributed by atoms with Crippen LogP contribution >= 0.6 is 0 Å². The van der Waals surface area contributed by atoms with E-state index in [9.17, 15) is 9.59 Å². The first-order chi connectivity index (χ1) is 8.66. The second kappa shape index (κ2) is 5.64. The molecule has 1 amide bonds. The minimum atomic E-state index is -0.956. The molecule has 0 aromatic heterocycles. The van der Waals surface area contributed by atoms with E-state index >= 15 is 0 Å². The molecular weight excluding hydrogens is 234 g/mol. The van der Waals surface area contributed by atoms with Gasteiger partial charge in [-0.25, -0.2) is 4.79 Å². The van der Waals surface area contributed by atoms with E-state index in [1.54, 1.807) is 23.1 Å². The number of hydrogen-bond donors (Lipinski definition) is 1. The summed E-state index contributed by atoms with van der Waals surface area (Å²) in [6.07, 6.45) is 0.388. The zero-order valence-electron chi connectivity index (χ0n) is 9.96. The van der Waals surface area contributed by atoms with Crippen molar-refractivity contribution in [2.45, 2.75) is 13.0 Å². The van der Waals surface area contributed by atoms with E-state index in [0.29, 0.717) is 32.7 Å². The molecule has 0 saturated carbocycles. The van der Waals surface area contributed by atoms with Gasteiger partial charge in [-0.2, -0.15) is 0 Å². The van der Waals surface area contributed by atoms with Gasteiger partial charge < -0.3 is 14.7 Å². The van der Waals surface area contributed by atoms with E-state index in [4.69, 9.17) is 9.84 Å². The Morgan fingerprint density at radius 1 is 1.39 bits per heavy atom. The van der Waals surface area contributed by atoms with Crippen molar-refractivity contribution in [2.24, 2.45) is 0 Å². The van der Waals surface area contributed by atoms with Crippen molar-refractivity contribution in [1.29, 1.82) is 0 Å². The number of carbonyl (C=O) groups is 2. The summed E-state index contributed by atoms with van der Waals surface area (Å²) >= 11 is 0. The summed E-state index contributed by atoms with van der Waals surface area (Å²) in [5, 5.41) is 8.91. The summed E-state index contributed by atoms with van der Waals surface area (Å²) in [4.78, 5) is 24.3. The third-order valence-corrected chi connectivity index (χ3v) is 2.87. The number of carbonyl (C=O) groups excluding carboxylic acids is 1. The predicted molar refractivity (Wildman–Crippen MR) is 64.3 cm³/mol. The summed E-state index contributed by atoms with van der Waals surface area (Å²) < 4.78 is 5.24. The van der Waals surface area contributed by atoms with Crippen LogP contribution in [0, 0.1) is 0 Å². The highest BCUT2D eigenvalue weighted by molar-refractivity contribution is 5.87. The van der Waals surface area contributed by atoms with Crippen molar-refractivity contribution < 1.29 is 19.4 Å². The van der Waals surface area contributed by atoms with Gasteiger partial charge in [-0.05, 0) is 17.7 Å². The maximum absolute atomic E-state index is 11.8. The lowest BCUT2D eigenvalue weighted by atomic mass is 10.1. The smallest absolute Gasteiger partial charge is 0.335 e. The number of carboxylic acids is 1. The van der Waals surface area contributed by atoms with Gasteiger partial charge in [0.25, 0.3) is 0 Å². The average Bonchev–Trinajstić information content (AvgIpc) is 2.55. The maximum Gasteiger partial charge on any atom is 0.335 e. The lowest BCUT2D eigenvalue weighted by Gasteiger charge is -2.19. The Hall–Kier alpha value is -1.88. The van der Waals surface area contributed by atoms with Gasteiger partial charge in [-0.3, -0.25) is 4.79 Å². The number of benzene rings is 1. The zero-order chi connectivity index (χ0) is 13.0. The van der Waals surface area contributed by atoms with Crippen molar-refractivity contribution in [3.8, 4) is 0 Å². The van der Waals surface area contributed by atoms with E-state index in [0.717, 1.165) is 5.56 Å². The van der Waals surface area contributed by atoms with Crippen LogP contribution in [0.4, 0.5) is 0 Å². The fraction of sp³-hybridized carbons (Fsp3) is 0.385. The molecule has 0 radical (unpaired) electrons. The van der Waals surface area contributed by atoms with Crippen LogP contribution in [0.3, 0.4) is 0 Å². The van der Waals surface area contributed by atoms with Crippen LogP contribution in [0.5, 0.6) is 0 Å². The van der Waals surface area contributed by atoms with Crippen LogP contribution in [-0.4, -0.2) is 41.6 Å². The molecule has 96 valence electrons. The molecule has 5 nitrogen and oxygen atoms in total. The van der Waals surface area contributed by atoms with Gasteiger partial charge in [0.1, 0.15) is 0 Å². The maximum atomic E-state index is 11.8. The van der Waals surface area contributed by atoms with Crippen molar-refractivity contribution in [1.82, 2.24) is 4.90 Å². The van der Waals surface area contributed by atoms with Gasteiger partial charge in [0.15, 0.2) is 0 Å². The van der Waals surface area contributed by atoms with Crippen LogP contribution in [-0.2, 0) is 16.1 Å². The predicted octanol–water partition coefficient (Wildman–Crippen LogP) is 1.13. The highest BCUT2D eigenvalue weighted by Crippen LogP contribution is 2.11. The summed E-state index contributed by atoms with van der Waals surface area (Å²) in [5.41, 5.74) is 1.07. The summed E-state index contributed by atoms with van der Waals surface area (Å²) in [7, 11) is 0. The second-order valence-corrected chi connectivity index (χ2v) is 4.18. The SMILES string of the molecule is O=C(O)c1cccc(CN2CCOCCC2=O)c1. The van der Waals surface area contributed by atoms with E-state index in [2.05, 4.69) is 0 Å². The zero-order valence-corrected chi connectivity index (χ0v) is 9.96. The highest BCUT2D eigenvalue weighted by Gasteiger charge is 2.17. The molecule has 0 unspecified atom stereocenters. The first-order valence-corrected chi connectivity index (χ1v) is 5.84. The second-order valence-electron chi connectivity index (χ2n) is 4.18. The van der Waals surface area contributed by atoms with E-state index < -0.39 is 5.97 Å². The Balaban J connectivity index is 2.10. The molecule has 0 spiro atoms.